The molecule has 0 spiro atoms. The van der Waals surface area contributed by atoms with Gasteiger partial charge in [-0.25, -0.2) is 9.59 Å². The molecule has 29 heavy (non-hydrogen) atoms. The smallest absolute Gasteiger partial charge is 0.409 e. The third-order valence-corrected chi connectivity index (χ3v) is 4.42. The minimum atomic E-state index is -0.842. The fourth-order valence-electron chi connectivity index (χ4n) is 2.93. The van der Waals surface area contributed by atoms with Crippen LogP contribution in [-0.4, -0.2) is 67.2 Å². The second-order valence-corrected chi connectivity index (χ2v) is 6.34. The van der Waals surface area contributed by atoms with Crippen molar-refractivity contribution in [2.24, 2.45) is 0 Å². The van der Waals surface area contributed by atoms with Gasteiger partial charge in [-0.15, -0.1) is 0 Å². The maximum Gasteiger partial charge on any atom is 0.409 e. The van der Waals surface area contributed by atoms with Gasteiger partial charge in [0.05, 0.1) is 17.1 Å². The Morgan fingerprint density at radius 3 is 2.52 bits per heavy atom. The molecule has 1 heterocycles. The van der Waals surface area contributed by atoms with Crippen LogP contribution in [0.1, 0.15) is 30.1 Å². The van der Waals surface area contributed by atoms with Gasteiger partial charge in [-0.1, -0.05) is 0 Å². The highest BCUT2D eigenvalue weighted by Crippen LogP contribution is 2.22. The van der Waals surface area contributed by atoms with Crippen molar-refractivity contribution in [1.29, 1.82) is 0 Å². The molecule has 0 unspecified atom stereocenters. The molecule has 1 aromatic carbocycles. The Morgan fingerprint density at radius 2 is 1.93 bits per heavy atom. The predicted molar refractivity (Wildman–Crippen MR) is 103 cm³/mol. The monoisotopic (exact) mass is 408 g/mol. The van der Waals surface area contributed by atoms with Crippen molar-refractivity contribution in [3.8, 4) is 0 Å². The van der Waals surface area contributed by atoms with Gasteiger partial charge in [-0.3, -0.25) is 14.9 Å². The number of non-ortho nitro benzene ring substituents is 1. The molecule has 158 valence electrons. The second-order valence-electron chi connectivity index (χ2n) is 6.34. The van der Waals surface area contributed by atoms with Crippen LogP contribution in [-0.2, 0) is 14.3 Å². The molecule has 0 bridgehead atoms. The molecule has 11 nitrogen and oxygen atoms in total. The molecule has 2 N–H and O–H groups in total. The predicted octanol–water partition coefficient (Wildman–Crippen LogP) is 1.53. The molecule has 2 amide bonds. The van der Waals surface area contributed by atoms with Crippen LogP contribution in [0.2, 0.25) is 0 Å². The van der Waals surface area contributed by atoms with E-state index in [1.165, 1.54) is 12.1 Å². The van der Waals surface area contributed by atoms with Crippen LogP contribution in [0.15, 0.2) is 18.2 Å². The van der Waals surface area contributed by atoms with Crippen LogP contribution in [0.3, 0.4) is 0 Å². The lowest BCUT2D eigenvalue weighted by molar-refractivity contribution is -0.384. The van der Waals surface area contributed by atoms with E-state index in [4.69, 9.17) is 9.47 Å². The lowest BCUT2D eigenvalue weighted by atomic mass is 10.1. The van der Waals surface area contributed by atoms with Gasteiger partial charge in [0.2, 0.25) is 0 Å². The largest absolute Gasteiger partial charge is 0.452 e. The van der Waals surface area contributed by atoms with Gasteiger partial charge in [0.25, 0.3) is 11.6 Å². The molecule has 0 atom stereocenters. The summed E-state index contributed by atoms with van der Waals surface area (Å²) in [6.07, 6.45) is 0.754. The zero-order valence-electron chi connectivity index (χ0n) is 16.3. The molecule has 1 aliphatic heterocycles. The van der Waals surface area contributed by atoms with Gasteiger partial charge in [-0.2, -0.15) is 0 Å². The van der Waals surface area contributed by atoms with E-state index in [1.807, 2.05) is 0 Å². The number of amides is 2. The van der Waals surface area contributed by atoms with E-state index < -0.39 is 23.4 Å². The number of carbonyl (C=O) groups is 3. The van der Waals surface area contributed by atoms with Crippen LogP contribution in [0, 0.1) is 10.1 Å². The van der Waals surface area contributed by atoms with Gasteiger partial charge in [0.15, 0.2) is 6.61 Å². The molecule has 2 rings (SSSR count). The van der Waals surface area contributed by atoms with Gasteiger partial charge in [0, 0.05) is 44.0 Å². The number of piperidine rings is 1. The Kier molecular flexibility index (Phi) is 7.75. The Morgan fingerprint density at radius 1 is 1.24 bits per heavy atom. The number of nitrogens with zero attached hydrogens (tertiary/aromatic N) is 2. The van der Waals surface area contributed by atoms with E-state index in [0.29, 0.717) is 38.2 Å². The highest BCUT2D eigenvalue weighted by molar-refractivity contribution is 5.97. The fraction of sp³-hybridized carbons (Fsp3) is 0.500. The van der Waals surface area contributed by atoms with Crippen molar-refractivity contribution >= 4 is 29.3 Å². The quantitative estimate of drug-likeness (QED) is 0.393. The average molecular weight is 408 g/mol. The summed E-state index contributed by atoms with van der Waals surface area (Å²) in [6, 6.07) is 3.61. The number of benzene rings is 1. The normalized spacial score (nSPS) is 14.1. The first-order valence-electron chi connectivity index (χ1n) is 9.20. The third kappa shape index (κ3) is 6.06. The summed E-state index contributed by atoms with van der Waals surface area (Å²) in [6.45, 7) is 2.45. The number of likely N-dealkylation sites (tertiary alicyclic amines) is 1. The SMILES string of the molecule is CCOC(=O)N1CCC(NC(=O)COC(=O)c2cc([N+](=O)[O-])ccc2NC)CC1. The molecule has 0 aromatic heterocycles. The van der Waals surface area contributed by atoms with E-state index in [2.05, 4.69) is 10.6 Å². The molecule has 1 aromatic rings. The first kappa shape index (κ1) is 21.9. The van der Waals surface area contributed by atoms with Gasteiger partial charge in [0.1, 0.15) is 0 Å². The van der Waals surface area contributed by atoms with Crippen molar-refractivity contribution in [2.75, 3.05) is 38.7 Å². The Bertz CT molecular complexity index is 775. The third-order valence-electron chi connectivity index (χ3n) is 4.42. The van der Waals surface area contributed by atoms with Crippen molar-refractivity contribution in [3.63, 3.8) is 0 Å². The van der Waals surface area contributed by atoms with Gasteiger partial charge < -0.3 is 25.0 Å². The molecular formula is C18H24N4O7. The topological polar surface area (TPSA) is 140 Å². The van der Waals surface area contributed by atoms with E-state index in [1.54, 1.807) is 18.9 Å². The Balaban J connectivity index is 1.84. The number of hydrogen-bond donors (Lipinski definition) is 2. The summed E-state index contributed by atoms with van der Waals surface area (Å²) >= 11 is 0. The molecule has 0 radical (unpaired) electrons. The summed E-state index contributed by atoms with van der Waals surface area (Å²) < 4.78 is 9.94. The Labute approximate surface area is 167 Å². The van der Waals surface area contributed by atoms with E-state index in [-0.39, 0.29) is 23.4 Å². The highest BCUT2D eigenvalue weighted by atomic mass is 16.6. The summed E-state index contributed by atoms with van der Waals surface area (Å²) in [7, 11) is 1.56. The molecule has 1 aliphatic rings. The number of anilines is 1. The lowest BCUT2D eigenvalue weighted by Gasteiger charge is -2.31. The number of esters is 1. The number of nitro benzene ring substituents is 1. The molecule has 1 saturated heterocycles. The van der Waals surface area contributed by atoms with Crippen LogP contribution in [0.5, 0.6) is 0 Å². The highest BCUT2D eigenvalue weighted by Gasteiger charge is 2.25. The van der Waals surface area contributed by atoms with E-state index >= 15 is 0 Å². The number of hydrogen-bond acceptors (Lipinski definition) is 8. The zero-order valence-corrected chi connectivity index (χ0v) is 16.3. The van der Waals surface area contributed by atoms with E-state index in [9.17, 15) is 24.5 Å². The number of carbonyl (C=O) groups excluding carboxylic acids is 3. The van der Waals surface area contributed by atoms with Crippen molar-refractivity contribution in [2.45, 2.75) is 25.8 Å². The molecule has 1 fully saturated rings. The van der Waals surface area contributed by atoms with E-state index in [0.717, 1.165) is 6.07 Å². The number of nitrogens with one attached hydrogen (secondary N) is 2. The van der Waals surface area contributed by atoms with Gasteiger partial charge >= 0.3 is 12.1 Å². The Hall–Kier alpha value is -3.37. The minimum absolute atomic E-state index is 0.0303. The summed E-state index contributed by atoms with van der Waals surface area (Å²) in [5, 5.41) is 16.4. The van der Waals surface area contributed by atoms with Crippen LogP contribution >= 0.6 is 0 Å². The summed E-state index contributed by atoms with van der Waals surface area (Å²) in [5.41, 5.74) is 0.0679. The average Bonchev–Trinajstić information content (AvgIpc) is 2.72. The van der Waals surface area contributed by atoms with Crippen molar-refractivity contribution in [1.82, 2.24) is 10.2 Å². The first-order valence-corrected chi connectivity index (χ1v) is 9.20. The second kappa shape index (κ2) is 10.2. The molecule has 0 saturated carbocycles. The van der Waals surface area contributed by atoms with Crippen molar-refractivity contribution in [3.05, 3.63) is 33.9 Å². The van der Waals surface area contributed by atoms with Crippen molar-refractivity contribution < 1.29 is 28.8 Å². The number of rotatable bonds is 7. The molecular weight excluding hydrogens is 384 g/mol. The molecule has 11 heteroatoms. The number of ether oxygens (including phenoxy) is 2. The molecule has 0 aliphatic carbocycles. The van der Waals surface area contributed by atoms with Crippen LogP contribution in [0.4, 0.5) is 16.2 Å². The van der Waals surface area contributed by atoms with Crippen LogP contribution < -0.4 is 10.6 Å². The number of nitro groups is 1. The standard InChI is InChI=1S/C18H24N4O7/c1-3-28-18(25)21-8-6-12(7-9-21)20-16(23)11-29-17(24)14-10-13(22(26)27)4-5-15(14)19-2/h4-5,10,12,19H,3,6-9,11H2,1-2H3,(H,20,23). The zero-order chi connectivity index (χ0) is 21.4. The lowest BCUT2D eigenvalue weighted by Crippen LogP contribution is -2.47. The minimum Gasteiger partial charge on any atom is -0.452 e. The maximum atomic E-state index is 12.3. The fourth-order valence-corrected chi connectivity index (χ4v) is 2.93. The first-order chi connectivity index (χ1) is 13.8. The van der Waals surface area contributed by atoms with Gasteiger partial charge in [-0.05, 0) is 25.8 Å². The summed E-state index contributed by atoms with van der Waals surface area (Å²) in [4.78, 5) is 47.9. The maximum absolute atomic E-state index is 12.3. The van der Waals surface area contributed by atoms with Crippen LogP contribution in [0.25, 0.3) is 0 Å². The summed E-state index contributed by atoms with van der Waals surface area (Å²) in [5.74, 6) is -1.32.